The molecule has 2 aromatic carbocycles. The molecule has 2 aromatic rings. The molecule has 0 unspecified atom stereocenters. The number of para-hydroxylation sites is 1. The Morgan fingerprint density at radius 3 is 2.33 bits per heavy atom. The van der Waals surface area contributed by atoms with Gasteiger partial charge in [-0.2, -0.15) is 0 Å². The van der Waals surface area contributed by atoms with E-state index < -0.39 is 0 Å². The third-order valence-electron chi connectivity index (χ3n) is 6.38. The minimum atomic E-state index is -0.213. The van der Waals surface area contributed by atoms with Gasteiger partial charge in [-0.3, -0.25) is 9.69 Å². The van der Waals surface area contributed by atoms with E-state index in [9.17, 15) is 9.59 Å². The van der Waals surface area contributed by atoms with Crippen molar-refractivity contribution in [2.24, 2.45) is 0 Å². The first-order valence-electron chi connectivity index (χ1n) is 11.9. The third-order valence-corrected chi connectivity index (χ3v) is 6.38. The van der Waals surface area contributed by atoms with Gasteiger partial charge in [0.2, 0.25) is 0 Å². The van der Waals surface area contributed by atoms with E-state index >= 15 is 0 Å². The Bertz CT molecular complexity index is 924. The second-order valence-electron chi connectivity index (χ2n) is 8.86. The summed E-state index contributed by atoms with van der Waals surface area (Å²) in [5.74, 6) is -0.213. The Hall–Kier alpha value is -2.90. The van der Waals surface area contributed by atoms with Gasteiger partial charge < -0.3 is 20.3 Å². The molecule has 2 N–H and O–H groups in total. The summed E-state index contributed by atoms with van der Waals surface area (Å²) in [6.07, 6.45) is 4.04. The number of nitrogens with zero attached hydrogens (tertiary/aromatic N) is 2. The van der Waals surface area contributed by atoms with Crippen LogP contribution in [0.1, 0.15) is 41.6 Å². The van der Waals surface area contributed by atoms with Crippen LogP contribution in [0.25, 0.3) is 0 Å². The molecule has 2 fully saturated rings. The number of carbonyl (C=O) groups excluding carboxylic acids is 2. The van der Waals surface area contributed by atoms with E-state index in [-0.39, 0.29) is 18.0 Å². The van der Waals surface area contributed by atoms with E-state index in [0.717, 1.165) is 45.3 Å². The molecule has 1 aliphatic heterocycles. The second-order valence-corrected chi connectivity index (χ2v) is 8.86. The Kier molecular flexibility index (Phi) is 7.96. The van der Waals surface area contributed by atoms with Gasteiger partial charge in [0.25, 0.3) is 5.91 Å². The fraction of sp³-hybridized carbons (Fsp3) is 0.462. The molecule has 33 heavy (non-hydrogen) atoms. The highest BCUT2D eigenvalue weighted by molar-refractivity contribution is 6.03. The number of likely N-dealkylation sites (tertiary alicyclic amines) is 1. The van der Waals surface area contributed by atoms with Crippen molar-refractivity contribution in [3.05, 3.63) is 65.7 Å². The van der Waals surface area contributed by atoms with Crippen LogP contribution in [0.4, 0.5) is 10.5 Å². The number of rotatable bonds is 9. The highest BCUT2D eigenvalue weighted by atomic mass is 16.5. The van der Waals surface area contributed by atoms with Crippen LogP contribution in [0.3, 0.4) is 0 Å². The van der Waals surface area contributed by atoms with Crippen LogP contribution in [-0.2, 0) is 11.3 Å². The van der Waals surface area contributed by atoms with Gasteiger partial charge >= 0.3 is 6.03 Å². The smallest absolute Gasteiger partial charge is 0.322 e. The van der Waals surface area contributed by atoms with Crippen molar-refractivity contribution in [1.29, 1.82) is 0 Å². The molecule has 4 rings (SSSR count). The average molecular weight is 451 g/mol. The maximum Gasteiger partial charge on any atom is 0.322 e. The monoisotopic (exact) mass is 450 g/mol. The second kappa shape index (κ2) is 11.3. The molecule has 1 saturated heterocycles. The van der Waals surface area contributed by atoms with E-state index in [4.69, 9.17) is 4.74 Å². The van der Waals surface area contributed by atoms with Crippen molar-refractivity contribution in [1.82, 2.24) is 15.1 Å². The van der Waals surface area contributed by atoms with Crippen LogP contribution in [0.5, 0.6) is 0 Å². The van der Waals surface area contributed by atoms with Gasteiger partial charge in [-0.05, 0) is 43.4 Å². The first-order valence-corrected chi connectivity index (χ1v) is 11.9. The van der Waals surface area contributed by atoms with Crippen molar-refractivity contribution in [2.75, 3.05) is 38.7 Å². The molecule has 176 valence electrons. The summed E-state index contributed by atoms with van der Waals surface area (Å²) in [4.78, 5) is 30.4. The number of piperidine rings is 1. The lowest BCUT2D eigenvalue weighted by atomic mass is 10.0. The van der Waals surface area contributed by atoms with E-state index in [1.165, 1.54) is 5.56 Å². The van der Waals surface area contributed by atoms with Crippen molar-refractivity contribution in [3.63, 3.8) is 0 Å². The molecule has 0 bridgehead atoms. The Morgan fingerprint density at radius 2 is 1.64 bits per heavy atom. The van der Waals surface area contributed by atoms with Crippen LogP contribution in [0.15, 0.2) is 54.6 Å². The standard InChI is InChI=1S/C26H34N4O3/c1-33-18-15-27-25(31)23-9-5-6-10-24(23)28-26(32)30(21-11-12-21)22-13-16-29(17-14-22)19-20-7-3-2-4-8-20/h2-10,21-22H,11-19H2,1H3,(H,27,31)(H,28,32). The number of urea groups is 1. The number of hydrogen-bond acceptors (Lipinski definition) is 4. The zero-order chi connectivity index (χ0) is 23.0. The molecule has 2 aliphatic rings. The normalized spacial score (nSPS) is 16.9. The van der Waals surface area contributed by atoms with Crippen LogP contribution in [0, 0.1) is 0 Å². The first-order chi connectivity index (χ1) is 16.2. The van der Waals surface area contributed by atoms with Crippen LogP contribution >= 0.6 is 0 Å². The summed E-state index contributed by atoms with van der Waals surface area (Å²) in [6, 6.07) is 18.1. The summed E-state index contributed by atoms with van der Waals surface area (Å²) in [7, 11) is 1.60. The molecular weight excluding hydrogens is 416 g/mol. The molecule has 7 heteroatoms. The number of nitrogens with one attached hydrogen (secondary N) is 2. The van der Waals surface area contributed by atoms with Gasteiger partial charge in [-0.1, -0.05) is 42.5 Å². The maximum absolute atomic E-state index is 13.4. The molecule has 1 saturated carbocycles. The fourth-order valence-electron chi connectivity index (χ4n) is 4.51. The number of ether oxygens (including phenoxy) is 1. The van der Waals surface area contributed by atoms with Gasteiger partial charge in [0.1, 0.15) is 0 Å². The van der Waals surface area contributed by atoms with E-state index in [0.29, 0.717) is 30.4 Å². The number of anilines is 1. The largest absolute Gasteiger partial charge is 0.383 e. The molecule has 1 aliphatic carbocycles. The van der Waals surface area contributed by atoms with Gasteiger partial charge in [0.15, 0.2) is 0 Å². The first kappa shape index (κ1) is 23.3. The highest BCUT2D eigenvalue weighted by Gasteiger charge is 2.39. The number of amides is 3. The highest BCUT2D eigenvalue weighted by Crippen LogP contribution is 2.33. The molecular formula is C26H34N4O3. The molecule has 0 atom stereocenters. The molecule has 0 spiro atoms. The van der Waals surface area contributed by atoms with Gasteiger partial charge in [-0.25, -0.2) is 4.79 Å². The average Bonchev–Trinajstić information content (AvgIpc) is 3.66. The van der Waals surface area contributed by atoms with Crippen molar-refractivity contribution in [3.8, 4) is 0 Å². The topological polar surface area (TPSA) is 73.9 Å². The molecule has 0 radical (unpaired) electrons. The SMILES string of the molecule is COCCNC(=O)c1ccccc1NC(=O)N(C1CC1)C1CCN(Cc2ccccc2)CC1. The lowest BCUT2D eigenvalue weighted by molar-refractivity contribution is 0.0938. The molecule has 1 heterocycles. The van der Waals surface area contributed by atoms with Crippen molar-refractivity contribution < 1.29 is 14.3 Å². The predicted octanol–water partition coefficient (Wildman–Crippen LogP) is 3.72. The fourth-order valence-corrected chi connectivity index (χ4v) is 4.51. The lowest BCUT2D eigenvalue weighted by Crippen LogP contribution is -2.49. The summed E-state index contributed by atoms with van der Waals surface area (Å²) >= 11 is 0. The molecule has 3 amide bonds. The van der Waals surface area contributed by atoms with Crippen LogP contribution in [0.2, 0.25) is 0 Å². The quantitative estimate of drug-likeness (QED) is 0.571. The summed E-state index contributed by atoms with van der Waals surface area (Å²) in [6.45, 7) is 3.78. The van der Waals surface area contributed by atoms with Gasteiger partial charge in [-0.15, -0.1) is 0 Å². The zero-order valence-electron chi connectivity index (χ0n) is 19.3. The van der Waals surface area contributed by atoms with Crippen molar-refractivity contribution in [2.45, 2.75) is 44.3 Å². The molecule has 0 aromatic heterocycles. The summed E-state index contributed by atoms with van der Waals surface area (Å²) in [5, 5.41) is 5.86. The summed E-state index contributed by atoms with van der Waals surface area (Å²) in [5.41, 5.74) is 2.34. The Labute approximate surface area is 196 Å². The zero-order valence-corrected chi connectivity index (χ0v) is 19.3. The third kappa shape index (κ3) is 6.33. The Balaban J connectivity index is 1.37. The Morgan fingerprint density at radius 1 is 0.970 bits per heavy atom. The number of methoxy groups -OCH3 is 1. The van der Waals surface area contributed by atoms with Gasteiger partial charge in [0, 0.05) is 45.4 Å². The molecule has 7 nitrogen and oxygen atoms in total. The van der Waals surface area contributed by atoms with E-state index in [1.807, 2.05) is 23.1 Å². The van der Waals surface area contributed by atoms with E-state index in [1.54, 1.807) is 19.2 Å². The summed E-state index contributed by atoms with van der Waals surface area (Å²) < 4.78 is 5.00. The minimum Gasteiger partial charge on any atom is -0.383 e. The minimum absolute atomic E-state index is 0.101. The van der Waals surface area contributed by atoms with E-state index in [2.05, 4.69) is 39.8 Å². The maximum atomic E-state index is 13.4. The number of benzene rings is 2. The predicted molar refractivity (Wildman–Crippen MR) is 129 cm³/mol. The number of hydrogen-bond donors (Lipinski definition) is 2. The van der Waals surface area contributed by atoms with Crippen LogP contribution in [-0.4, -0.2) is 67.2 Å². The number of carbonyl (C=O) groups is 2. The van der Waals surface area contributed by atoms with Crippen LogP contribution < -0.4 is 10.6 Å². The lowest BCUT2D eigenvalue weighted by Gasteiger charge is -2.39. The van der Waals surface area contributed by atoms with Crippen molar-refractivity contribution >= 4 is 17.6 Å². The van der Waals surface area contributed by atoms with Gasteiger partial charge in [0.05, 0.1) is 17.9 Å².